The first-order valence-corrected chi connectivity index (χ1v) is 7.57. The van der Waals surface area contributed by atoms with Crippen LogP contribution in [0.2, 0.25) is 0 Å². The van der Waals surface area contributed by atoms with Gasteiger partial charge in [-0.1, -0.05) is 30.0 Å². The number of thioether (sulfide) groups is 1. The molecule has 2 rings (SSSR count). The van der Waals surface area contributed by atoms with Crippen LogP contribution in [0.5, 0.6) is 5.75 Å². The second-order valence-corrected chi connectivity index (χ2v) is 5.89. The number of thiazole rings is 1. The number of benzene rings is 1. The highest BCUT2D eigenvalue weighted by Crippen LogP contribution is 2.23. The number of carbonyl (C=O) groups is 1. The number of para-hydroxylation sites is 1. The number of hydrogen-bond donors (Lipinski definition) is 1. The van der Waals surface area contributed by atoms with E-state index in [2.05, 4.69) is 4.98 Å². The fraction of sp³-hybridized carbons (Fsp3) is 0.231. The van der Waals surface area contributed by atoms with Crippen molar-refractivity contribution in [2.75, 3.05) is 12.4 Å². The van der Waals surface area contributed by atoms with E-state index in [1.807, 2.05) is 30.3 Å². The number of aliphatic carboxylic acids is 1. The van der Waals surface area contributed by atoms with Crippen LogP contribution in [0.1, 0.15) is 5.69 Å². The van der Waals surface area contributed by atoms with Gasteiger partial charge in [0.15, 0.2) is 0 Å². The quantitative estimate of drug-likeness (QED) is 0.628. The normalized spacial score (nSPS) is 10.3. The van der Waals surface area contributed by atoms with Crippen LogP contribution in [0.3, 0.4) is 0 Å². The zero-order valence-corrected chi connectivity index (χ0v) is 11.7. The molecule has 0 saturated carbocycles. The Morgan fingerprint density at radius 2 is 2.16 bits per heavy atom. The van der Waals surface area contributed by atoms with Crippen LogP contribution in [0.4, 0.5) is 0 Å². The average Bonchev–Trinajstić information content (AvgIpc) is 2.83. The van der Waals surface area contributed by atoms with Crippen LogP contribution in [-0.4, -0.2) is 28.4 Å². The standard InChI is InChI=1S/C13H13NO3S2/c15-12(16)8-10-9-19-13(14-10)18-7-6-17-11-4-2-1-3-5-11/h1-5,9H,6-8H2,(H,15,16). The summed E-state index contributed by atoms with van der Waals surface area (Å²) >= 11 is 3.05. The molecule has 0 aliphatic heterocycles. The zero-order valence-electron chi connectivity index (χ0n) is 10.1. The van der Waals surface area contributed by atoms with E-state index in [4.69, 9.17) is 9.84 Å². The van der Waals surface area contributed by atoms with Crippen molar-refractivity contribution in [2.24, 2.45) is 0 Å². The highest BCUT2D eigenvalue weighted by atomic mass is 32.2. The Kier molecular flexibility index (Phi) is 5.23. The summed E-state index contributed by atoms with van der Waals surface area (Å²) in [5.74, 6) is 0.789. The molecule has 4 nitrogen and oxygen atoms in total. The maximum absolute atomic E-state index is 10.5. The number of carboxylic acids is 1. The Morgan fingerprint density at radius 1 is 1.37 bits per heavy atom. The van der Waals surface area contributed by atoms with Gasteiger partial charge < -0.3 is 9.84 Å². The van der Waals surface area contributed by atoms with E-state index in [0.717, 1.165) is 15.8 Å². The third-order valence-electron chi connectivity index (χ3n) is 2.18. The largest absolute Gasteiger partial charge is 0.493 e. The lowest BCUT2D eigenvalue weighted by Gasteiger charge is -2.04. The molecule has 0 radical (unpaired) electrons. The fourth-order valence-electron chi connectivity index (χ4n) is 1.40. The summed E-state index contributed by atoms with van der Waals surface area (Å²) in [6, 6.07) is 9.64. The predicted octanol–water partition coefficient (Wildman–Crippen LogP) is 2.94. The lowest BCUT2D eigenvalue weighted by Crippen LogP contribution is -2.01. The van der Waals surface area contributed by atoms with E-state index in [0.29, 0.717) is 12.3 Å². The zero-order chi connectivity index (χ0) is 13.5. The highest BCUT2D eigenvalue weighted by molar-refractivity contribution is 8.01. The molecule has 0 bridgehead atoms. The highest BCUT2D eigenvalue weighted by Gasteiger charge is 2.06. The van der Waals surface area contributed by atoms with Gasteiger partial charge in [-0.15, -0.1) is 11.3 Å². The van der Waals surface area contributed by atoms with E-state index in [-0.39, 0.29) is 6.42 Å². The lowest BCUT2D eigenvalue weighted by molar-refractivity contribution is -0.136. The summed E-state index contributed by atoms with van der Waals surface area (Å²) in [6.07, 6.45) is -0.0163. The van der Waals surface area contributed by atoms with E-state index >= 15 is 0 Å². The Hall–Kier alpha value is -1.53. The molecule has 0 unspecified atom stereocenters. The maximum Gasteiger partial charge on any atom is 0.309 e. The molecule has 100 valence electrons. The van der Waals surface area contributed by atoms with E-state index in [1.54, 1.807) is 17.1 Å². The summed E-state index contributed by atoms with van der Waals surface area (Å²) in [4.78, 5) is 14.8. The molecule has 1 aromatic carbocycles. The number of carboxylic acid groups (broad SMARTS) is 1. The number of rotatable bonds is 7. The minimum Gasteiger partial charge on any atom is -0.493 e. The molecule has 0 atom stereocenters. The molecule has 0 aliphatic carbocycles. The Bertz CT molecular complexity index is 528. The Balaban J connectivity index is 1.71. The van der Waals surface area contributed by atoms with E-state index < -0.39 is 5.97 Å². The van der Waals surface area contributed by atoms with E-state index in [9.17, 15) is 4.79 Å². The summed E-state index contributed by atoms with van der Waals surface area (Å²) in [7, 11) is 0. The number of hydrogen-bond acceptors (Lipinski definition) is 5. The summed E-state index contributed by atoms with van der Waals surface area (Å²) < 4.78 is 6.44. The SMILES string of the molecule is O=C(O)Cc1csc(SCCOc2ccccc2)n1. The second kappa shape index (κ2) is 7.16. The van der Waals surface area contributed by atoms with Crippen LogP contribution in [0.15, 0.2) is 40.1 Å². The second-order valence-electron chi connectivity index (χ2n) is 3.69. The first kappa shape index (κ1) is 13.9. The van der Waals surface area contributed by atoms with Gasteiger partial charge in [0.2, 0.25) is 0 Å². The maximum atomic E-state index is 10.5. The van der Waals surface area contributed by atoms with Gasteiger partial charge in [-0.2, -0.15) is 0 Å². The Labute approximate surface area is 119 Å². The van der Waals surface area contributed by atoms with Gasteiger partial charge in [0.1, 0.15) is 10.1 Å². The van der Waals surface area contributed by atoms with Crippen molar-refractivity contribution in [3.63, 3.8) is 0 Å². The van der Waals surface area contributed by atoms with Crippen LogP contribution in [0.25, 0.3) is 0 Å². The van der Waals surface area contributed by atoms with Crippen LogP contribution in [0, 0.1) is 0 Å². The summed E-state index contributed by atoms with van der Waals surface area (Å²) in [5.41, 5.74) is 0.615. The topological polar surface area (TPSA) is 59.4 Å². The van der Waals surface area contributed by atoms with Crippen molar-refractivity contribution >= 4 is 29.1 Å². The molecule has 0 fully saturated rings. The molecule has 1 heterocycles. The van der Waals surface area contributed by atoms with Crippen molar-refractivity contribution in [2.45, 2.75) is 10.8 Å². The van der Waals surface area contributed by atoms with Crippen molar-refractivity contribution in [3.05, 3.63) is 41.4 Å². The van der Waals surface area contributed by atoms with Crippen LogP contribution >= 0.6 is 23.1 Å². The molecule has 0 amide bonds. The van der Waals surface area contributed by atoms with Gasteiger partial charge in [-0.05, 0) is 12.1 Å². The third-order valence-corrected chi connectivity index (χ3v) is 4.22. The number of ether oxygens (including phenoxy) is 1. The minimum atomic E-state index is -0.853. The lowest BCUT2D eigenvalue weighted by atomic mass is 10.3. The average molecular weight is 295 g/mol. The van der Waals surface area contributed by atoms with Crippen molar-refractivity contribution in [3.8, 4) is 5.75 Å². The van der Waals surface area contributed by atoms with Crippen molar-refractivity contribution in [1.29, 1.82) is 0 Å². The smallest absolute Gasteiger partial charge is 0.309 e. The first-order chi connectivity index (χ1) is 9.24. The van der Waals surface area contributed by atoms with Crippen molar-refractivity contribution in [1.82, 2.24) is 4.98 Å². The van der Waals surface area contributed by atoms with Gasteiger partial charge >= 0.3 is 5.97 Å². The van der Waals surface area contributed by atoms with Crippen LogP contribution < -0.4 is 4.74 Å². The third kappa shape index (κ3) is 4.92. The molecule has 19 heavy (non-hydrogen) atoms. The Morgan fingerprint density at radius 3 is 2.89 bits per heavy atom. The summed E-state index contributed by atoms with van der Waals surface area (Å²) in [5, 5.41) is 10.4. The molecule has 1 N–H and O–H groups in total. The molecule has 2 aromatic rings. The van der Waals surface area contributed by atoms with Gasteiger partial charge in [0.25, 0.3) is 0 Å². The van der Waals surface area contributed by atoms with Gasteiger partial charge in [0, 0.05) is 11.1 Å². The number of nitrogens with zero attached hydrogens (tertiary/aromatic N) is 1. The minimum absolute atomic E-state index is 0.0163. The number of aromatic nitrogens is 1. The van der Waals surface area contributed by atoms with Crippen molar-refractivity contribution < 1.29 is 14.6 Å². The van der Waals surface area contributed by atoms with E-state index in [1.165, 1.54) is 11.3 Å². The van der Waals surface area contributed by atoms with Gasteiger partial charge in [-0.3, -0.25) is 4.79 Å². The van der Waals surface area contributed by atoms with Gasteiger partial charge in [0.05, 0.1) is 18.7 Å². The molecular weight excluding hydrogens is 282 g/mol. The van der Waals surface area contributed by atoms with Crippen LogP contribution in [-0.2, 0) is 11.2 Å². The fourth-order valence-corrected chi connectivity index (χ4v) is 3.13. The van der Waals surface area contributed by atoms with Gasteiger partial charge in [-0.25, -0.2) is 4.98 Å². The molecular formula is C13H13NO3S2. The monoisotopic (exact) mass is 295 g/mol. The molecule has 0 spiro atoms. The first-order valence-electron chi connectivity index (χ1n) is 5.71. The summed E-state index contributed by atoms with van der Waals surface area (Å²) in [6.45, 7) is 0.600. The molecule has 0 saturated heterocycles. The predicted molar refractivity (Wildman–Crippen MR) is 76.1 cm³/mol. The molecule has 0 aliphatic rings. The molecule has 6 heteroatoms. The molecule has 1 aromatic heterocycles.